The number of rotatable bonds is 5. The van der Waals surface area contributed by atoms with Crippen molar-refractivity contribution in [3.63, 3.8) is 0 Å². The van der Waals surface area contributed by atoms with E-state index in [0.717, 1.165) is 44.0 Å². The van der Waals surface area contributed by atoms with Crippen LogP contribution in [0.15, 0.2) is 10.6 Å². The molecule has 0 spiro atoms. The first-order chi connectivity index (χ1) is 10.2. The van der Waals surface area contributed by atoms with E-state index in [0.29, 0.717) is 19.2 Å². The van der Waals surface area contributed by atoms with Crippen LogP contribution in [-0.4, -0.2) is 59.6 Å². The van der Waals surface area contributed by atoms with Gasteiger partial charge in [-0.15, -0.1) is 0 Å². The van der Waals surface area contributed by atoms with Crippen molar-refractivity contribution >= 4 is 5.97 Å². The maximum absolute atomic E-state index is 11.7. The van der Waals surface area contributed by atoms with Crippen LogP contribution in [-0.2, 0) is 22.5 Å². The molecule has 3 heterocycles. The van der Waals surface area contributed by atoms with E-state index in [1.807, 2.05) is 0 Å². The first-order valence-corrected chi connectivity index (χ1v) is 7.72. The summed E-state index contributed by atoms with van der Waals surface area (Å²) >= 11 is 0. The van der Waals surface area contributed by atoms with E-state index >= 15 is 0 Å². The lowest BCUT2D eigenvalue weighted by atomic mass is 10.2. The van der Waals surface area contributed by atoms with Crippen LogP contribution in [0, 0.1) is 0 Å². The molecule has 2 atom stereocenters. The zero-order valence-corrected chi connectivity index (χ0v) is 12.7. The van der Waals surface area contributed by atoms with Crippen LogP contribution in [0.2, 0.25) is 0 Å². The monoisotopic (exact) mass is 293 g/mol. The van der Waals surface area contributed by atoms with Crippen LogP contribution in [0.4, 0.5) is 0 Å². The molecule has 6 nitrogen and oxygen atoms in total. The summed E-state index contributed by atoms with van der Waals surface area (Å²) in [7, 11) is 2.09. The van der Waals surface area contributed by atoms with Gasteiger partial charge >= 0.3 is 5.97 Å². The number of carbonyl (C=O) groups excluding carboxylic acids is 1. The third-order valence-corrected chi connectivity index (χ3v) is 4.50. The summed E-state index contributed by atoms with van der Waals surface area (Å²) in [6.07, 6.45) is 4.58. The second-order valence-electron chi connectivity index (χ2n) is 5.90. The van der Waals surface area contributed by atoms with Crippen LogP contribution in [0.1, 0.15) is 31.4 Å². The van der Waals surface area contributed by atoms with Gasteiger partial charge < -0.3 is 9.15 Å². The highest BCUT2D eigenvalue weighted by Gasteiger charge is 2.37. The van der Waals surface area contributed by atoms with Crippen LogP contribution in [0.25, 0.3) is 0 Å². The molecule has 0 aromatic carbocycles. The highest BCUT2D eigenvalue weighted by molar-refractivity contribution is 5.77. The smallest absolute Gasteiger partial charge is 0.323 e. The standard InChI is InChI=1S/C15H23N3O3/c1-3-12-8-16-14(21-12)10-17(2)11-4-6-18(9-11)13-5-7-20-15(13)19/h8,11,13H,3-7,9-10H2,1-2H3/t11-,13+/m0/s1. The van der Waals surface area contributed by atoms with Crippen LogP contribution in [0.5, 0.6) is 0 Å². The number of aromatic nitrogens is 1. The topological polar surface area (TPSA) is 58.8 Å². The van der Waals surface area contributed by atoms with E-state index in [4.69, 9.17) is 9.15 Å². The molecule has 2 aliphatic heterocycles. The van der Waals surface area contributed by atoms with Gasteiger partial charge in [0.15, 0.2) is 0 Å². The van der Waals surface area contributed by atoms with Crippen molar-refractivity contribution in [2.24, 2.45) is 0 Å². The summed E-state index contributed by atoms with van der Waals surface area (Å²) in [5.74, 6) is 1.65. The van der Waals surface area contributed by atoms with E-state index in [-0.39, 0.29) is 12.0 Å². The first kappa shape index (κ1) is 14.5. The Balaban J connectivity index is 1.54. The largest absolute Gasteiger partial charge is 0.464 e. The van der Waals surface area contributed by atoms with Crippen molar-refractivity contribution in [2.75, 3.05) is 26.7 Å². The Hall–Kier alpha value is -1.40. The van der Waals surface area contributed by atoms with Crippen LogP contribution < -0.4 is 0 Å². The molecule has 3 rings (SSSR count). The van der Waals surface area contributed by atoms with Gasteiger partial charge in [-0.05, 0) is 13.5 Å². The molecule has 2 fully saturated rings. The molecule has 0 aliphatic carbocycles. The van der Waals surface area contributed by atoms with Gasteiger partial charge in [-0.25, -0.2) is 4.98 Å². The maximum Gasteiger partial charge on any atom is 0.323 e. The fourth-order valence-corrected chi connectivity index (χ4v) is 3.15. The third-order valence-electron chi connectivity index (χ3n) is 4.50. The Morgan fingerprint density at radius 2 is 2.33 bits per heavy atom. The fraction of sp³-hybridized carbons (Fsp3) is 0.733. The molecule has 2 aliphatic rings. The Bertz CT molecular complexity index is 502. The number of oxazole rings is 1. The van der Waals surface area contributed by atoms with Crippen LogP contribution in [0.3, 0.4) is 0 Å². The maximum atomic E-state index is 11.7. The van der Waals surface area contributed by atoms with Gasteiger partial charge in [0, 0.05) is 32.0 Å². The molecular formula is C15H23N3O3. The normalized spacial score (nSPS) is 26.7. The molecule has 116 valence electrons. The molecule has 2 saturated heterocycles. The molecule has 1 aromatic heterocycles. The minimum atomic E-state index is -0.0569. The third kappa shape index (κ3) is 3.11. The van der Waals surface area contributed by atoms with Crippen molar-refractivity contribution in [2.45, 2.75) is 44.8 Å². The number of carbonyl (C=O) groups is 1. The lowest BCUT2D eigenvalue weighted by molar-refractivity contribution is -0.142. The molecule has 6 heteroatoms. The van der Waals surface area contributed by atoms with Gasteiger partial charge in [-0.3, -0.25) is 14.6 Å². The van der Waals surface area contributed by atoms with Crippen molar-refractivity contribution < 1.29 is 13.9 Å². The second kappa shape index (κ2) is 6.15. The summed E-state index contributed by atoms with van der Waals surface area (Å²) in [5, 5.41) is 0. The van der Waals surface area contributed by atoms with Gasteiger partial charge in [-0.2, -0.15) is 0 Å². The first-order valence-electron chi connectivity index (χ1n) is 7.72. The molecule has 21 heavy (non-hydrogen) atoms. The van der Waals surface area contributed by atoms with Gasteiger partial charge in [0.1, 0.15) is 11.8 Å². The van der Waals surface area contributed by atoms with Crippen molar-refractivity contribution in [1.82, 2.24) is 14.8 Å². The summed E-state index contributed by atoms with van der Waals surface area (Å²) < 4.78 is 10.7. The quantitative estimate of drug-likeness (QED) is 0.757. The predicted octanol–water partition coefficient (Wildman–Crippen LogP) is 1.06. The summed E-state index contributed by atoms with van der Waals surface area (Å²) in [6.45, 7) is 5.21. The van der Waals surface area contributed by atoms with Crippen molar-refractivity contribution in [3.8, 4) is 0 Å². The average molecular weight is 293 g/mol. The number of cyclic esters (lactones) is 1. The van der Waals surface area contributed by atoms with E-state index in [2.05, 4.69) is 28.8 Å². The summed E-state index contributed by atoms with van der Waals surface area (Å²) in [5.41, 5.74) is 0. The Morgan fingerprint density at radius 1 is 1.48 bits per heavy atom. The number of hydrogen-bond donors (Lipinski definition) is 0. The Morgan fingerprint density at radius 3 is 3.00 bits per heavy atom. The van der Waals surface area contributed by atoms with E-state index < -0.39 is 0 Å². The van der Waals surface area contributed by atoms with Crippen molar-refractivity contribution in [1.29, 1.82) is 0 Å². The van der Waals surface area contributed by atoms with Crippen LogP contribution >= 0.6 is 0 Å². The highest BCUT2D eigenvalue weighted by Crippen LogP contribution is 2.23. The Labute approximate surface area is 125 Å². The number of hydrogen-bond acceptors (Lipinski definition) is 6. The zero-order valence-electron chi connectivity index (χ0n) is 12.7. The molecule has 0 radical (unpaired) electrons. The summed E-state index contributed by atoms with van der Waals surface area (Å²) in [4.78, 5) is 20.5. The number of aryl methyl sites for hydroxylation is 1. The number of likely N-dealkylation sites (N-methyl/N-ethyl adjacent to an activating group) is 1. The zero-order chi connectivity index (χ0) is 14.8. The van der Waals surface area contributed by atoms with Gasteiger partial charge in [0.25, 0.3) is 0 Å². The second-order valence-corrected chi connectivity index (χ2v) is 5.90. The molecule has 0 bridgehead atoms. The lowest BCUT2D eigenvalue weighted by Crippen LogP contribution is -2.40. The van der Waals surface area contributed by atoms with Crippen molar-refractivity contribution in [3.05, 3.63) is 17.8 Å². The fourth-order valence-electron chi connectivity index (χ4n) is 3.15. The minimum Gasteiger partial charge on any atom is -0.464 e. The molecule has 0 unspecified atom stereocenters. The SMILES string of the molecule is CCc1cnc(CN(C)[C@H]2CCN([C@@H]3CCOC3=O)C2)o1. The number of esters is 1. The number of ether oxygens (including phenoxy) is 1. The van der Waals surface area contributed by atoms with Gasteiger partial charge in [-0.1, -0.05) is 6.92 Å². The summed E-state index contributed by atoms with van der Waals surface area (Å²) in [6, 6.07) is 0.409. The minimum absolute atomic E-state index is 0.0307. The van der Waals surface area contributed by atoms with E-state index in [1.165, 1.54) is 0 Å². The van der Waals surface area contributed by atoms with E-state index in [9.17, 15) is 4.79 Å². The lowest BCUT2D eigenvalue weighted by Gasteiger charge is -2.24. The Kier molecular flexibility index (Phi) is 4.26. The van der Waals surface area contributed by atoms with Gasteiger partial charge in [0.2, 0.25) is 5.89 Å². The molecule has 1 aromatic rings. The number of likely N-dealkylation sites (tertiary alicyclic amines) is 1. The molecular weight excluding hydrogens is 270 g/mol. The molecule has 0 saturated carbocycles. The van der Waals surface area contributed by atoms with Gasteiger partial charge in [0.05, 0.1) is 19.3 Å². The number of nitrogens with zero attached hydrogens (tertiary/aromatic N) is 3. The highest BCUT2D eigenvalue weighted by atomic mass is 16.5. The molecule has 0 amide bonds. The average Bonchev–Trinajstić information content (AvgIpc) is 3.17. The van der Waals surface area contributed by atoms with E-state index in [1.54, 1.807) is 6.20 Å². The molecule has 0 N–H and O–H groups in total. The predicted molar refractivity (Wildman–Crippen MR) is 76.7 cm³/mol.